The highest BCUT2D eigenvalue weighted by atomic mass is 15.1. The third kappa shape index (κ3) is 7.60. The smallest absolute Gasteiger partial charge is 0.0714 e. The number of anilines is 3. The molecule has 0 saturated carbocycles. The molecule has 72 heavy (non-hydrogen) atoms. The summed E-state index contributed by atoms with van der Waals surface area (Å²) < 4.78 is 0. The molecule has 1 aliphatic carbocycles. The Bertz CT molecular complexity index is 3840. The van der Waals surface area contributed by atoms with E-state index in [0.29, 0.717) is 0 Å². The van der Waals surface area contributed by atoms with Gasteiger partial charge in [0.25, 0.3) is 0 Å². The third-order valence-corrected chi connectivity index (χ3v) is 14.8. The van der Waals surface area contributed by atoms with Gasteiger partial charge in [0.15, 0.2) is 0 Å². The molecule has 0 saturated heterocycles. The van der Waals surface area contributed by atoms with Crippen LogP contribution < -0.4 is 4.90 Å². The summed E-state index contributed by atoms with van der Waals surface area (Å²) in [4.78, 5) is 2.43. The van der Waals surface area contributed by atoms with Crippen LogP contribution in [0.15, 0.2) is 297 Å². The first-order valence-electron chi connectivity index (χ1n) is 24.9. The van der Waals surface area contributed by atoms with E-state index in [2.05, 4.69) is 302 Å². The van der Waals surface area contributed by atoms with E-state index >= 15 is 0 Å². The third-order valence-electron chi connectivity index (χ3n) is 14.8. The van der Waals surface area contributed by atoms with Gasteiger partial charge in [0.2, 0.25) is 0 Å². The van der Waals surface area contributed by atoms with Gasteiger partial charge in [-0.05, 0) is 148 Å². The molecule has 0 radical (unpaired) electrons. The zero-order valence-corrected chi connectivity index (χ0v) is 39.7. The Hall–Kier alpha value is -9.30. The van der Waals surface area contributed by atoms with Crippen molar-refractivity contribution >= 4 is 27.8 Å². The highest BCUT2D eigenvalue weighted by Crippen LogP contribution is 2.57. The second-order valence-corrected chi connectivity index (χ2v) is 18.9. The first kappa shape index (κ1) is 42.8. The van der Waals surface area contributed by atoms with Gasteiger partial charge in [-0.2, -0.15) is 0 Å². The summed E-state index contributed by atoms with van der Waals surface area (Å²) in [6, 6.07) is 109. The van der Waals surface area contributed by atoms with Crippen LogP contribution in [0.25, 0.3) is 77.5 Å². The molecule has 0 bridgehead atoms. The monoisotopic (exact) mass is 915 g/mol. The van der Waals surface area contributed by atoms with Crippen molar-refractivity contribution in [3.8, 4) is 66.8 Å². The zero-order chi connectivity index (χ0) is 47.8. The van der Waals surface area contributed by atoms with E-state index in [1.165, 1.54) is 94.2 Å². The number of hydrogen-bond acceptors (Lipinski definition) is 1. The van der Waals surface area contributed by atoms with Crippen LogP contribution in [0.4, 0.5) is 17.1 Å². The number of nitrogens with zero attached hydrogens (tertiary/aromatic N) is 1. The predicted octanol–water partition coefficient (Wildman–Crippen LogP) is 19.0. The van der Waals surface area contributed by atoms with Crippen molar-refractivity contribution in [2.75, 3.05) is 4.90 Å². The lowest BCUT2D eigenvalue weighted by atomic mass is 9.67. The van der Waals surface area contributed by atoms with E-state index in [4.69, 9.17) is 0 Å². The molecule has 1 aliphatic rings. The fourth-order valence-electron chi connectivity index (χ4n) is 11.2. The van der Waals surface area contributed by atoms with E-state index in [-0.39, 0.29) is 0 Å². The Morgan fingerprint density at radius 3 is 1.25 bits per heavy atom. The molecule has 0 spiro atoms. The molecular weight excluding hydrogens is 867 g/mol. The Balaban J connectivity index is 0.897. The highest BCUT2D eigenvalue weighted by molar-refractivity contribution is 5.91. The first-order valence-corrected chi connectivity index (χ1v) is 24.9. The van der Waals surface area contributed by atoms with Crippen molar-refractivity contribution in [3.63, 3.8) is 0 Å². The Morgan fingerprint density at radius 2 is 0.611 bits per heavy atom. The number of hydrogen-bond donors (Lipinski definition) is 0. The molecule has 0 amide bonds. The van der Waals surface area contributed by atoms with Crippen LogP contribution >= 0.6 is 0 Å². The summed E-state index contributed by atoms with van der Waals surface area (Å²) in [7, 11) is 0. The maximum Gasteiger partial charge on any atom is 0.0714 e. The lowest BCUT2D eigenvalue weighted by Gasteiger charge is -2.35. The van der Waals surface area contributed by atoms with Crippen molar-refractivity contribution < 1.29 is 0 Å². The van der Waals surface area contributed by atoms with E-state index in [0.717, 1.165) is 22.6 Å². The van der Waals surface area contributed by atoms with Crippen LogP contribution in [0, 0.1) is 0 Å². The summed E-state index contributed by atoms with van der Waals surface area (Å²) in [6.07, 6.45) is 0. The molecule has 0 aliphatic heterocycles. The molecule has 1 nitrogen and oxygen atoms in total. The Labute approximate surface area is 422 Å². The van der Waals surface area contributed by atoms with Gasteiger partial charge in [0, 0.05) is 17.1 Å². The minimum absolute atomic E-state index is 0.522. The molecule has 1 heteroatoms. The van der Waals surface area contributed by atoms with Gasteiger partial charge < -0.3 is 4.90 Å². The molecule has 0 fully saturated rings. The molecular formula is C71H49N. The topological polar surface area (TPSA) is 3.24 Å². The SMILES string of the molecule is c1ccc(-c2ccc(-c3cccc(N(c4ccc(-c5ccc(-c6cccc(-c7ccc8ccccc8c7)c6)cc5)cc4)c4ccc5c(c4)C(c4ccccc4)(c4ccccc4)c4ccccc4-5)c3)cc2)cc1. The van der Waals surface area contributed by atoms with Crippen LogP contribution in [0.5, 0.6) is 0 Å². The van der Waals surface area contributed by atoms with Gasteiger partial charge in [0.05, 0.1) is 5.41 Å². The van der Waals surface area contributed by atoms with Gasteiger partial charge in [-0.15, -0.1) is 0 Å². The predicted molar refractivity (Wildman–Crippen MR) is 303 cm³/mol. The minimum atomic E-state index is -0.522. The second-order valence-electron chi connectivity index (χ2n) is 18.9. The normalized spacial score (nSPS) is 12.3. The van der Waals surface area contributed by atoms with Crippen molar-refractivity contribution in [1.82, 2.24) is 0 Å². The number of rotatable bonds is 10. The van der Waals surface area contributed by atoms with Crippen molar-refractivity contribution in [3.05, 3.63) is 320 Å². The number of benzene rings is 12. The molecule has 0 N–H and O–H groups in total. The van der Waals surface area contributed by atoms with E-state index in [9.17, 15) is 0 Å². The maximum atomic E-state index is 2.46. The molecule has 12 aromatic rings. The molecule has 0 aromatic heterocycles. The lowest BCUT2D eigenvalue weighted by molar-refractivity contribution is 0.768. The summed E-state index contributed by atoms with van der Waals surface area (Å²) in [5.41, 5.74) is 22.3. The minimum Gasteiger partial charge on any atom is -0.310 e. The molecule has 0 heterocycles. The summed E-state index contributed by atoms with van der Waals surface area (Å²) >= 11 is 0. The average molecular weight is 916 g/mol. The van der Waals surface area contributed by atoms with Gasteiger partial charge in [0.1, 0.15) is 0 Å². The fourth-order valence-corrected chi connectivity index (χ4v) is 11.2. The van der Waals surface area contributed by atoms with Crippen molar-refractivity contribution in [2.24, 2.45) is 0 Å². The zero-order valence-electron chi connectivity index (χ0n) is 39.7. The molecule has 0 atom stereocenters. The van der Waals surface area contributed by atoms with E-state index in [1.807, 2.05) is 0 Å². The Morgan fingerprint density at radius 1 is 0.208 bits per heavy atom. The standard InChI is InChI=1S/C71H49N/c1-4-16-50(17-5-1)52-30-36-56(37-31-52)60-22-15-27-65(48-60)72(66-44-45-68-67-28-12-13-29-69(67)71(70(68)49-66,62-23-6-2-7-24-62)63-25-8-3-9-26-63)64-42-40-54(41-43-64)53-32-34-55(35-33-53)58-20-14-21-59(46-58)61-39-38-51-18-10-11-19-57(51)47-61/h1-49H. The van der Waals surface area contributed by atoms with E-state index in [1.54, 1.807) is 0 Å². The maximum absolute atomic E-state index is 2.46. The van der Waals surface area contributed by atoms with Crippen LogP contribution in [-0.4, -0.2) is 0 Å². The molecule has 13 rings (SSSR count). The first-order chi connectivity index (χ1) is 35.7. The van der Waals surface area contributed by atoms with Crippen molar-refractivity contribution in [1.29, 1.82) is 0 Å². The highest BCUT2D eigenvalue weighted by Gasteiger charge is 2.46. The van der Waals surface area contributed by atoms with Gasteiger partial charge in [-0.3, -0.25) is 0 Å². The second kappa shape index (κ2) is 18.2. The number of fused-ring (bicyclic) bond motifs is 4. The van der Waals surface area contributed by atoms with Crippen LogP contribution in [0.3, 0.4) is 0 Å². The lowest BCUT2D eigenvalue weighted by Crippen LogP contribution is -2.28. The Kier molecular flexibility index (Phi) is 10.8. The van der Waals surface area contributed by atoms with Crippen LogP contribution in [0.1, 0.15) is 22.3 Å². The van der Waals surface area contributed by atoms with Crippen molar-refractivity contribution in [2.45, 2.75) is 5.41 Å². The average Bonchev–Trinajstić information content (AvgIpc) is 3.76. The summed E-state index contributed by atoms with van der Waals surface area (Å²) in [6.45, 7) is 0. The quantitative estimate of drug-likeness (QED) is 0.132. The van der Waals surface area contributed by atoms with Gasteiger partial charge >= 0.3 is 0 Å². The fraction of sp³-hybridized carbons (Fsp3) is 0.0141. The van der Waals surface area contributed by atoms with Crippen LogP contribution in [-0.2, 0) is 5.41 Å². The van der Waals surface area contributed by atoms with Crippen LogP contribution in [0.2, 0.25) is 0 Å². The van der Waals surface area contributed by atoms with Gasteiger partial charge in [-0.1, -0.05) is 249 Å². The molecule has 338 valence electrons. The summed E-state index contributed by atoms with van der Waals surface area (Å²) in [5, 5.41) is 2.51. The molecule has 12 aromatic carbocycles. The largest absolute Gasteiger partial charge is 0.310 e. The van der Waals surface area contributed by atoms with Gasteiger partial charge in [-0.25, -0.2) is 0 Å². The summed E-state index contributed by atoms with van der Waals surface area (Å²) in [5.74, 6) is 0. The van der Waals surface area contributed by atoms with E-state index < -0.39 is 5.41 Å². The molecule has 0 unspecified atom stereocenters.